The van der Waals surface area contributed by atoms with Crippen molar-refractivity contribution in [1.82, 2.24) is 0 Å². The van der Waals surface area contributed by atoms with E-state index < -0.39 is 0 Å². The first-order valence-electron chi connectivity index (χ1n) is 1.88. The normalized spacial score (nSPS) is 5.33. The average Bonchev–Trinajstić information content (AvgIpc) is 1.38. The van der Waals surface area contributed by atoms with Gasteiger partial charge in [0.15, 0.2) is 0 Å². The molecule has 0 radical (unpaired) electrons. The van der Waals surface area contributed by atoms with Gasteiger partial charge in [-0.15, -0.1) is 0 Å². The van der Waals surface area contributed by atoms with Crippen LogP contribution in [0.4, 0.5) is 0 Å². The monoisotopic (exact) mass is 190 g/mol. The summed E-state index contributed by atoms with van der Waals surface area (Å²) in [6, 6.07) is 0. The van der Waals surface area contributed by atoms with Gasteiger partial charge >= 0.3 is 70.2 Å². The van der Waals surface area contributed by atoms with Crippen LogP contribution in [0.2, 0.25) is 0 Å². The average molecular weight is 191 g/mol. The summed E-state index contributed by atoms with van der Waals surface area (Å²) in [6.07, 6.45) is 0. The summed E-state index contributed by atoms with van der Waals surface area (Å²) in [5.74, 6) is 0.440. The summed E-state index contributed by atoms with van der Waals surface area (Å²) in [7, 11) is 0. The van der Waals surface area contributed by atoms with E-state index in [9.17, 15) is 0 Å². The van der Waals surface area contributed by atoms with Crippen molar-refractivity contribution in [2.45, 2.75) is 13.8 Å². The third-order valence-corrected chi connectivity index (χ3v) is 0.365. The van der Waals surface area contributed by atoms with Crippen molar-refractivity contribution in [1.29, 1.82) is 0 Å². The molecule has 5 heteroatoms. The zero-order valence-corrected chi connectivity index (χ0v) is 11.1. The van der Waals surface area contributed by atoms with E-state index in [4.69, 9.17) is 5.11 Å². The molecular weight excluding hydrogens is 181 g/mol. The largest absolute Gasteiger partial charge is 1.00 e. The van der Waals surface area contributed by atoms with E-state index in [-0.39, 0.29) is 95.1 Å². The second-order valence-corrected chi connectivity index (χ2v) is 1.58. The van der Waals surface area contributed by atoms with Crippen LogP contribution in [0.1, 0.15) is 13.8 Å². The summed E-state index contributed by atoms with van der Waals surface area (Å²) in [5, 5.41) is 8.14. The van der Waals surface area contributed by atoms with Crippen LogP contribution in [0.5, 0.6) is 0 Å². The number of hydrogen-bond donors (Lipinski definition) is 1. The van der Waals surface area contributed by atoms with Crippen molar-refractivity contribution in [3.8, 4) is 0 Å². The molecule has 1 N–H and O–H groups in total. The first kappa shape index (κ1) is 29.8. The minimum atomic E-state index is 0. The Bertz CT molecular complexity index is 32.5. The molecule has 0 amide bonds. The molecule has 0 aliphatic heterocycles. The Kier molecular flexibility index (Phi) is 74.2. The van der Waals surface area contributed by atoms with Crippen molar-refractivity contribution in [3.05, 3.63) is 0 Å². The molecule has 0 rings (SSSR count). The SMILES string of the molecule is CC(C)CO.[Cl-].[Cl-].[K+].[Li+]. The molecule has 0 saturated heterocycles. The van der Waals surface area contributed by atoms with Gasteiger partial charge in [-0.25, -0.2) is 0 Å². The van der Waals surface area contributed by atoms with Gasteiger partial charge < -0.3 is 29.9 Å². The third kappa shape index (κ3) is 36.4. The molecule has 0 atom stereocenters. The van der Waals surface area contributed by atoms with Crippen LogP contribution in [-0.4, -0.2) is 11.7 Å². The third-order valence-electron chi connectivity index (χ3n) is 0.365. The number of halogens is 2. The van der Waals surface area contributed by atoms with Crippen molar-refractivity contribution < 1.29 is 100 Å². The van der Waals surface area contributed by atoms with Gasteiger partial charge in [0, 0.05) is 6.61 Å². The standard InChI is InChI=1S/C4H10O.2ClH.K.Li/c1-4(2)3-5;;;;/h4-5H,3H2,1-2H3;2*1H;;/q;;;2*+1/p-2. The summed E-state index contributed by atoms with van der Waals surface area (Å²) in [6.45, 7) is 4.25. The minimum absolute atomic E-state index is 0. The van der Waals surface area contributed by atoms with Crippen LogP contribution < -0.4 is 95.1 Å². The molecule has 0 bridgehead atoms. The minimum Gasteiger partial charge on any atom is -1.00 e. The molecule has 0 aromatic rings. The van der Waals surface area contributed by atoms with Crippen molar-refractivity contribution >= 4 is 0 Å². The molecular formula is C4H10Cl2KLiO. The van der Waals surface area contributed by atoms with E-state index in [1.54, 1.807) is 0 Å². The number of aliphatic hydroxyl groups excluding tert-OH is 1. The van der Waals surface area contributed by atoms with Gasteiger partial charge in [0.05, 0.1) is 0 Å². The molecule has 0 aromatic carbocycles. The summed E-state index contributed by atoms with van der Waals surface area (Å²) in [5.41, 5.74) is 0. The zero-order chi connectivity index (χ0) is 4.28. The van der Waals surface area contributed by atoms with Crippen molar-refractivity contribution in [2.75, 3.05) is 6.61 Å². The van der Waals surface area contributed by atoms with Crippen LogP contribution in [0, 0.1) is 5.92 Å². The fourth-order valence-electron chi connectivity index (χ4n) is 0. The number of rotatable bonds is 1. The van der Waals surface area contributed by atoms with E-state index in [0.717, 1.165) is 0 Å². The van der Waals surface area contributed by atoms with E-state index in [1.807, 2.05) is 13.8 Å². The summed E-state index contributed by atoms with van der Waals surface area (Å²) in [4.78, 5) is 0. The Balaban J connectivity index is -0.0000000133. The number of aliphatic hydroxyl groups is 1. The second-order valence-electron chi connectivity index (χ2n) is 1.58. The molecule has 0 aliphatic rings. The molecule has 1 nitrogen and oxygen atoms in total. The summed E-state index contributed by atoms with van der Waals surface area (Å²) < 4.78 is 0. The van der Waals surface area contributed by atoms with Gasteiger partial charge in [0.1, 0.15) is 0 Å². The summed E-state index contributed by atoms with van der Waals surface area (Å²) >= 11 is 0. The fraction of sp³-hybridized carbons (Fsp3) is 1.00. The van der Waals surface area contributed by atoms with Crippen LogP contribution >= 0.6 is 0 Å². The zero-order valence-electron chi connectivity index (χ0n) is 6.49. The maximum Gasteiger partial charge on any atom is 1.00 e. The van der Waals surface area contributed by atoms with Gasteiger partial charge in [0.25, 0.3) is 0 Å². The Morgan fingerprint density at radius 3 is 1.33 bits per heavy atom. The molecule has 0 spiro atoms. The maximum absolute atomic E-state index is 8.14. The van der Waals surface area contributed by atoms with Gasteiger partial charge in [-0.05, 0) is 5.92 Å². The van der Waals surface area contributed by atoms with Crippen LogP contribution in [-0.2, 0) is 0 Å². The van der Waals surface area contributed by atoms with Crippen molar-refractivity contribution in [3.63, 3.8) is 0 Å². The molecule has 0 unspecified atom stereocenters. The number of hydrogen-bond acceptors (Lipinski definition) is 1. The van der Waals surface area contributed by atoms with Gasteiger partial charge in [-0.2, -0.15) is 0 Å². The molecule has 9 heavy (non-hydrogen) atoms. The predicted octanol–water partition coefficient (Wildman–Crippen LogP) is -11.3. The maximum atomic E-state index is 8.14. The predicted molar refractivity (Wildman–Crippen MR) is 21.9 cm³/mol. The second kappa shape index (κ2) is 22.4. The topological polar surface area (TPSA) is 20.2 Å². The van der Waals surface area contributed by atoms with Gasteiger partial charge in [0.2, 0.25) is 0 Å². The van der Waals surface area contributed by atoms with E-state index in [1.165, 1.54) is 0 Å². The van der Waals surface area contributed by atoms with Crippen LogP contribution in [0.3, 0.4) is 0 Å². The van der Waals surface area contributed by atoms with E-state index in [2.05, 4.69) is 0 Å². The van der Waals surface area contributed by atoms with Crippen molar-refractivity contribution in [2.24, 2.45) is 5.92 Å². The molecule has 0 aromatic heterocycles. The Morgan fingerprint density at radius 1 is 1.22 bits per heavy atom. The first-order valence-corrected chi connectivity index (χ1v) is 1.88. The molecule has 48 valence electrons. The molecule has 0 aliphatic carbocycles. The Labute approximate surface area is 124 Å². The smallest absolute Gasteiger partial charge is 1.00 e. The molecule has 0 fully saturated rings. The fourth-order valence-corrected chi connectivity index (χ4v) is 0. The first-order chi connectivity index (χ1) is 2.27. The van der Waals surface area contributed by atoms with Crippen LogP contribution in [0.25, 0.3) is 0 Å². The van der Waals surface area contributed by atoms with Gasteiger partial charge in [-0.3, -0.25) is 0 Å². The van der Waals surface area contributed by atoms with Gasteiger partial charge in [-0.1, -0.05) is 13.8 Å². The Morgan fingerprint density at radius 2 is 1.33 bits per heavy atom. The van der Waals surface area contributed by atoms with E-state index >= 15 is 0 Å². The quantitative estimate of drug-likeness (QED) is 0.408. The Hall–Kier alpha value is 2.77. The van der Waals surface area contributed by atoms with Crippen LogP contribution in [0.15, 0.2) is 0 Å². The van der Waals surface area contributed by atoms with E-state index in [0.29, 0.717) is 12.5 Å². The molecule has 0 heterocycles. The molecule has 0 saturated carbocycles.